The second-order valence-corrected chi connectivity index (χ2v) is 7.28. The summed E-state index contributed by atoms with van der Waals surface area (Å²) in [5, 5.41) is 2.91. The van der Waals surface area contributed by atoms with Crippen molar-refractivity contribution < 1.29 is 12.9 Å². The molecule has 0 aliphatic carbocycles. The zero-order valence-electron chi connectivity index (χ0n) is 12.5. The second kappa shape index (κ2) is 6.29. The van der Waals surface area contributed by atoms with Crippen molar-refractivity contribution in [2.75, 3.05) is 0 Å². The predicted molar refractivity (Wildman–Crippen MR) is 83.4 cm³/mol. The first kappa shape index (κ1) is 15.4. The standard InChI is InChI=1S/C16H15N3O3S/c1-12(23(20,21)15-9-5-6-10-17-15)16-18-14(19-22-16)11-13-7-3-2-4-8-13/h2-10,12H,11H2,1H3/t12-/m0/s1. The molecule has 3 aromatic rings. The van der Waals surface area contributed by atoms with Gasteiger partial charge < -0.3 is 4.52 Å². The minimum absolute atomic E-state index is 0.00434. The van der Waals surface area contributed by atoms with Gasteiger partial charge in [0.1, 0.15) is 5.25 Å². The first-order chi connectivity index (χ1) is 11.1. The van der Waals surface area contributed by atoms with Gasteiger partial charge in [0.15, 0.2) is 10.9 Å². The van der Waals surface area contributed by atoms with Crippen LogP contribution in [0.1, 0.15) is 29.5 Å². The lowest BCUT2D eigenvalue weighted by Gasteiger charge is -2.07. The number of sulfone groups is 1. The van der Waals surface area contributed by atoms with Gasteiger partial charge in [-0.15, -0.1) is 0 Å². The molecule has 0 amide bonds. The number of hydrogen-bond acceptors (Lipinski definition) is 6. The van der Waals surface area contributed by atoms with Crippen molar-refractivity contribution >= 4 is 9.84 Å². The van der Waals surface area contributed by atoms with Crippen LogP contribution in [-0.2, 0) is 16.3 Å². The van der Waals surface area contributed by atoms with Gasteiger partial charge in [-0.05, 0) is 24.6 Å². The van der Waals surface area contributed by atoms with Gasteiger partial charge in [0.25, 0.3) is 0 Å². The van der Waals surface area contributed by atoms with E-state index in [1.165, 1.54) is 19.2 Å². The topological polar surface area (TPSA) is 86.0 Å². The zero-order chi connectivity index (χ0) is 16.3. The van der Waals surface area contributed by atoms with Gasteiger partial charge in [0.2, 0.25) is 15.7 Å². The molecule has 23 heavy (non-hydrogen) atoms. The lowest BCUT2D eigenvalue weighted by atomic mass is 10.1. The molecule has 1 aromatic carbocycles. The summed E-state index contributed by atoms with van der Waals surface area (Å²) in [5.41, 5.74) is 1.03. The second-order valence-electron chi connectivity index (χ2n) is 5.07. The van der Waals surface area contributed by atoms with Crippen molar-refractivity contribution in [3.63, 3.8) is 0 Å². The molecule has 0 radical (unpaired) electrons. The Labute approximate surface area is 134 Å². The maximum Gasteiger partial charge on any atom is 0.245 e. The lowest BCUT2D eigenvalue weighted by molar-refractivity contribution is 0.371. The molecule has 0 aliphatic heterocycles. The van der Waals surface area contributed by atoms with Crippen LogP contribution in [0, 0.1) is 0 Å². The van der Waals surface area contributed by atoms with Crippen LogP contribution in [0.3, 0.4) is 0 Å². The summed E-state index contributed by atoms with van der Waals surface area (Å²) in [6.07, 6.45) is 1.93. The van der Waals surface area contributed by atoms with Crippen LogP contribution in [0.4, 0.5) is 0 Å². The third kappa shape index (κ3) is 3.29. The molecule has 0 saturated carbocycles. The minimum Gasteiger partial charge on any atom is -0.338 e. The first-order valence-corrected chi connectivity index (χ1v) is 8.63. The van der Waals surface area contributed by atoms with Gasteiger partial charge in [0, 0.05) is 12.6 Å². The Hall–Kier alpha value is -2.54. The number of benzene rings is 1. The van der Waals surface area contributed by atoms with E-state index >= 15 is 0 Å². The summed E-state index contributed by atoms with van der Waals surface area (Å²) >= 11 is 0. The lowest BCUT2D eigenvalue weighted by Crippen LogP contribution is -2.12. The van der Waals surface area contributed by atoms with Gasteiger partial charge in [-0.3, -0.25) is 0 Å². The molecular formula is C16H15N3O3S. The Morgan fingerprint density at radius 2 is 1.83 bits per heavy atom. The molecular weight excluding hydrogens is 314 g/mol. The third-order valence-electron chi connectivity index (χ3n) is 3.43. The van der Waals surface area contributed by atoms with Crippen LogP contribution in [0.2, 0.25) is 0 Å². The number of rotatable bonds is 5. The number of nitrogens with zero attached hydrogens (tertiary/aromatic N) is 3. The molecule has 2 aromatic heterocycles. The van der Waals surface area contributed by atoms with E-state index in [1.807, 2.05) is 30.3 Å². The van der Waals surface area contributed by atoms with Crippen LogP contribution < -0.4 is 0 Å². The largest absolute Gasteiger partial charge is 0.338 e. The zero-order valence-corrected chi connectivity index (χ0v) is 13.3. The molecule has 1 atom stereocenters. The van der Waals surface area contributed by atoms with E-state index in [0.717, 1.165) is 5.56 Å². The van der Waals surface area contributed by atoms with E-state index in [9.17, 15) is 8.42 Å². The summed E-state index contributed by atoms with van der Waals surface area (Å²) in [7, 11) is -3.66. The van der Waals surface area contributed by atoms with E-state index < -0.39 is 15.1 Å². The molecule has 6 nitrogen and oxygen atoms in total. The SMILES string of the molecule is C[C@@H](c1nc(Cc2ccccc2)no1)S(=O)(=O)c1ccccn1. The van der Waals surface area contributed by atoms with Crippen LogP contribution in [0.15, 0.2) is 64.3 Å². The Bertz CT molecular complexity index is 877. The van der Waals surface area contributed by atoms with Crippen LogP contribution in [0.5, 0.6) is 0 Å². The van der Waals surface area contributed by atoms with E-state index in [1.54, 1.807) is 12.1 Å². The van der Waals surface area contributed by atoms with E-state index in [-0.39, 0.29) is 10.9 Å². The summed E-state index contributed by atoms with van der Waals surface area (Å²) in [6.45, 7) is 1.52. The van der Waals surface area contributed by atoms with E-state index in [4.69, 9.17) is 4.52 Å². The summed E-state index contributed by atoms with van der Waals surface area (Å²) in [6, 6.07) is 14.4. The first-order valence-electron chi connectivity index (χ1n) is 7.08. The molecule has 0 fully saturated rings. The molecule has 7 heteroatoms. The summed E-state index contributed by atoms with van der Waals surface area (Å²) in [5.74, 6) is 0.524. The van der Waals surface area contributed by atoms with Crippen molar-refractivity contribution in [2.45, 2.75) is 23.6 Å². The highest BCUT2D eigenvalue weighted by molar-refractivity contribution is 7.91. The normalized spacial score (nSPS) is 12.9. The molecule has 0 unspecified atom stereocenters. The molecule has 0 N–H and O–H groups in total. The fourth-order valence-corrected chi connectivity index (χ4v) is 3.31. The maximum atomic E-state index is 12.5. The van der Waals surface area contributed by atoms with Gasteiger partial charge in [0.05, 0.1) is 0 Å². The minimum atomic E-state index is -3.66. The van der Waals surface area contributed by atoms with Crippen LogP contribution >= 0.6 is 0 Å². The maximum absolute atomic E-state index is 12.5. The Kier molecular flexibility index (Phi) is 4.20. The van der Waals surface area contributed by atoms with Gasteiger partial charge in [-0.2, -0.15) is 4.98 Å². The van der Waals surface area contributed by atoms with Crippen molar-refractivity contribution in [3.05, 3.63) is 72.0 Å². The molecule has 0 spiro atoms. The van der Waals surface area contributed by atoms with Crippen molar-refractivity contribution in [1.82, 2.24) is 15.1 Å². The van der Waals surface area contributed by atoms with E-state index in [2.05, 4.69) is 15.1 Å². The van der Waals surface area contributed by atoms with Gasteiger partial charge in [-0.25, -0.2) is 13.4 Å². The number of pyridine rings is 1. The third-order valence-corrected chi connectivity index (χ3v) is 5.39. The highest BCUT2D eigenvalue weighted by Crippen LogP contribution is 2.26. The Balaban J connectivity index is 1.83. The molecule has 0 saturated heterocycles. The molecule has 0 bridgehead atoms. The summed E-state index contributed by atoms with van der Waals surface area (Å²) in [4.78, 5) is 8.11. The van der Waals surface area contributed by atoms with Crippen molar-refractivity contribution in [3.8, 4) is 0 Å². The van der Waals surface area contributed by atoms with Gasteiger partial charge in [-0.1, -0.05) is 41.6 Å². The van der Waals surface area contributed by atoms with E-state index in [0.29, 0.717) is 12.2 Å². The smallest absolute Gasteiger partial charge is 0.245 e. The molecule has 2 heterocycles. The average molecular weight is 329 g/mol. The van der Waals surface area contributed by atoms with Crippen LogP contribution in [-0.4, -0.2) is 23.5 Å². The Morgan fingerprint density at radius 3 is 2.52 bits per heavy atom. The van der Waals surface area contributed by atoms with Crippen molar-refractivity contribution in [1.29, 1.82) is 0 Å². The monoisotopic (exact) mass is 329 g/mol. The quantitative estimate of drug-likeness (QED) is 0.715. The fraction of sp³-hybridized carbons (Fsp3) is 0.188. The van der Waals surface area contributed by atoms with Crippen molar-refractivity contribution in [2.24, 2.45) is 0 Å². The average Bonchev–Trinajstić information content (AvgIpc) is 3.04. The number of hydrogen-bond donors (Lipinski definition) is 0. The highest BCUT2D eigenvalue weighted by atomic mass is 32.2. The molecule has 3 rings (SSSR count). The van der Waals surface area contributed by atoms with Gasteiger partial charge >= 0.3 is 0 Å². The highest BCUT2D eigenvalue weighted by Gasteiger charge is 2.30. The Morgan fingerprint density at radius 1 is 1.09 bits per heavy atom. The predicted octanol–water partition coefficient (Wildman–Crippen LogP) is 2.59. The fourth-order valence-electron chi connectivity index (χ4n) is 2.11. The summed E-state index contributed by atoms with van der Waals surface area (Å²) < 4.78 is 30.2. The molecule has 118 valence electrons. The number of aromatic nitrogens is 3. The molecule has 0 aliphatic rings. The van der Waals surface area contributed by atoms with Crippen LogP contribution in [0.25, 0.3) is 0 Å².